The van der Waals surface area contributed by atoms with Crippen LogP contribution in [0, 0.1) is 12.7 Å². The zero-order chi connectivity index (χ0) is 15.4. The van der Waals surface area contributed by atoms with Gasteiger partial charge in [0.05, 0.1) is 11.8 Å². The molecule has 0 spiro atoms. The molecule has 1 aromatic heterocycles. The van der Waals surface area contributed by atoms with E-state index >= 15 is 0 Å². The van der Waals surface area contributed by atoms with Gasteiger partial charge >= 0.3 is 0 Å². The smallest absolute Gasteiger partial charge is 0.230 e. The molecule has 0 aliphatic heterocycles. The van der Waals surface area contributed by atoms with E-state index in [0.29, 0.717) is 11.0 Å². The number of aryl methyl sites for hydroxylation is 1. The van der Waals surface area contributed by atoms with Crippen molar-refractivity contribution in [1.29, 1.82) is 0 Å². The number of carbonyl (C=O) groups excluding carboxylic acids is 1. The van der Waals surface area contributed by atoms with E-state index in [2.05, 4.69) is 15.5 Å². The fraction of sp³-hybridized carbons (Fsp3) is 0.308. The van der Waals surface area contributed by atoms with Gasteiger partial charge in [0.2, 0.25) is 11.1 Å². The first-order valence-electron chi connectivity index (χ1n) is 6.32. The van der Waals surface area contributed by atoms with Crippen molar-refractivity contribution < 1.29 is 9.18 Å². The summed E-state index contributed by atoms with van der Waals surface area (Å²) in [6.45, 7) is 3.57. The van der Waals surface area contributed by atoms with Crippen molar-refractivity contribution >= 4 is 17.7 Å². The monoisotopic (exact) mass is 309 g/mol. The molecule has 1 heterocycles. The van der Waals surface area contributed by atoms with Gasteiger partial charge in [0, 0.05) is 0 Å². The average Bonchev–Trinajstić information content (AvgIpc) is 2.77. The van der Waals surface area contributed by atoms with Gasteiger partial charge in [-0.1, -0.05) is 23.9 Å². The predicted molar refractivity (Wildman–Crippen MR) is 78.6 cm³/mol. The molecule has 1 atom stereocenters. The van der Waals surface area contributed by atoms with Gasteiger partial charge in [0.15, 0.2) is 0 Å². The lowest BCUT2D eigenvalue weighted by molar-refractivity contribution is -0.119. The quantitative estimate of drug-likeness (QED) is 0.644. The molecule has 0 saturated heterocycles. The Balaban J connectivity index is 1.87. The van der Waals surface area contributed by atoms with E-state index in [4.69, 9.17) is 5.84 Å². The number of hydrogen-bond acceptors (Lipinski definition) is 5. The number of nitrogens with two attached hydrogens (primary N) is 1. The topological polar surface area (TPSA) is 85.8 Å². The Labute approximate surface area is 125 Å². The van der Waals surface area contributed by atoms with Gasteiger partial charge in [-0.3, -0.25) is 4.79 Å². The summed E-state index contributed by atoms with van der Waals surface area (Å²) in [7, 11) is 0. The molecule has 1 aromatic carbocycles. The Bertz CT molecular complexity index is 628. The van der Waals surface area contributed by atoms with Gasteiger partial charge in [0.25, 0.3) is 0 Å². The minimum Gasteiger partial charge on any atom is -0.349 e. The molecule has 0 aliphatic rings. The van der Waals surface area contributed by atoms with Crippen LogP contribution >= 0.6 is 11.8 Å². The maximum absolute atomic E-state index is 12.8. The number of amides is 1. The van der Waals surface area contributed by atoms with Crippen molar-refractivity contribution in [2.75, 3.05) is 11.6 Å². The number of thioether (sulfide) groups is 1. The molecular formula is C13H16FN5OS. The Morgan fingerprint density at radius 3 is 2.67 bits per heavy atom. The Kier molecular flexibility index (Phi) is 4.79. The third kappa shape index (κ3) is 3.94. The molecule has 0 aliphatic carbocycles. The zero-order valence-corrected chi connectivity index (χ0v) is 12.5. The number of halogens is 1. The van der Waals surface area contributed by atoms with Crippen LogP contribution in [0.2, 0.25) is 0 Å². The molecule has 0 radical (unpaired) electrons. The second-order valence-corrected chi connectivity index (χ2v) is 5.47. The highest BCUT2D eigenvalue weighted by Gasteiger charge is 2.12. The molecule has 6 nitrogen and oxygen atoms in total. The molecule has 0 bridgehead atoms. The lowest BCUT2D eigenvalue weighted by Crippen LogP contribution is -2.28. The molecule has 112 valence electrons. The third-order valence-corrected chi connectivity index (χ3v) is 3.86. The summed E-state index contributed by atoms with van der Waals surface area (Å²) in [5.74, 6) is 6.01. The Hall–Kier alpha value is -2.09. The molecule has 0 fully saturated rings. The van der Waals surface area contributed by atoms with Crippen LogP contribution in [0.5, 0.6) is 0 Å². The summed E-state index contributed by atoms with van der Waals surface area (Å²) in [5, 5.41) is 11.0. The number of benzene rings is 1. The highest BCUT2D eigenvalue weighted by molar-refractivity contribution is 7.99. The van der Waals surface area contributed by atoms with Crippen LogP contribution in [0.4, 0.5) is 4.39 Å². The Morgan fingerprint density at radius 1 is 1.43 bits per heavy atom. The zero-order valence-electron chi connectivity index (χ0n) is 11.7. The second-order valence-electron chi connectivity index (χ2n) is 4.53. The van der Waals surface area contributed by atoms with Crippen LogP contribution in [0.25, 0.3) is 0 Å². The van der Waals surface area contributed by atoms with Crippen molar-refractivity contribution in [3.63, 3.8) is 0 Å². The molecule has 2 rings (SSSR count). The maximum Gasteiger partial charge on any atom is 0.230 e. The van der Waals surface area contributed by atoms with E-state index in [1.54, 1.807) is 19.1 Å². The number of rotatable bonds is 5. The predicted octanol–water partition coefficient (Wildman–Crippen LogP) is 1.41. The summed E-state index contributed by atoms with van der Waals surface area (Å²) in [4.78, 5) is 11.9. The van der Waals surface area contributed by atoms with Gasteiger partial charge in [-0.05, 0) is 31.5 Å². The standard InChI is InChI=1S/C13H16FN5OS/c1-8(10-3-5-11(14)6-4-10)16-12(20)7-21-13-18-17-9(2)19(13)15/h3-6,8H,7,15H2,1-2H3,(H,16,20)/t8-/m0/s1. The number of nitrogens with zero attached hydrogens (tertiary/aromatic N) is 3. The van der Waals surface area contributed by atoms with Crippen LogP contribution in [0.1, 0.15) is 24.4 Å². The largest absolute Gasteiger partial charge is 0.349 e. The maximum atomic E-state index is 12.8. The first-order chi connectivity index (χ1) is 9.97. The molecular weight excluding hydrogens is 293 g/mol. The number of carbonyl (C=O) groups is 1. The number of nitrogens with one attached hydrogen (secondary N) is 1. The minimum atomic E-state index is -0.300. The van der Waals surface area contributed by atoms with Crippen LogP contribution in [0.15, 0.2) is 29.4 Å². The van der Waals surface area contributed by atoms with E-state index in [9.17, 15) is 9.18 Å². The van der Waals surface area contributed by atoms with E-state index in [1.807, 2.05) is 6.92 Å². The summed E-state index contributed by atoms with van der Waals surface area (Å²) >= 11 is 1.21. The van der Waals surface area contributed by atoms with Crippen LogP contribution in [-0.2, 0) is 4.79 Å². The number of aromatic nitrogens is 3. The molecule has 1 amide bonds. The SMILES string of the molecule is Cc1nnc(SCC(=O)N[C@@H](C)c2ccc(F)cc2)n1N. The third-order valence-electron chi connectivity index (χ3n) is 2.91. The van der Waals surface area contributed by atoms with Gasteiger partial charge in [-0.2, -0.15) is 0 Å². The summed E-state index contributed by atoms with van der Waals surface area (Å²) in [5.41, 5.74) is 0.840. The van der Waals surface area contributed by atoms with Gasteiger partial charge in [0.1, 0.15) is 11.6 Å². The van der Waals surface area contributed by atoms with Crippen molar-refractivity contribution in [3.05, 3.63) is 41.5 Å². The number of nitrogen functional groups attached to an aromatic ring is 1. The van der Waals surface area contributed by atoms with E-state index in [0.717, 1.165) is 5.56 Å². The molecule has 3 N–H and O–H groups in total. The van der Waals surface area contributed by atoms with Crippen LogP contribution < -0.4 is 11.2 Å². The highest BCUT2D eigenvalue weighted by atomic mass is 32.2. The van der Waals surface area contributed by atoms with Crippen LogP contribution in [-0.4, -0.2) is 26.5 Å². The van der Waals surface area contributed by atoms with E-state index in [-0.39, 0.29) is 23.5 Å². The van der Waals surface area contributed by atoms with Crippen molar-refractivity contribution in [2.45, 2.75) is 25.0 Å². The first-order valence-corrected chi connectivity index (χ1v) is 7.30. The van der Waals surface area contributed by atoms with Crippen molar-refractivity contribution in [1.82, 2.24) is 20.2 Å². The summed E-state index contributed by atoms with van der Waals surface area (Å²) < 4.78 is 14.2. The summed E-state index contributed by atoms with van der Waals surface area (Å²) in [6, 6.07) is 5.83. The number of hydrogen-bond donors (Lipinski definition) is 2. The fourth-order valence-corrected chi connectivity index (χ4v) is 2.41. The Morgan fingerprint density at radius 2 is 2.10 bits per heavy atom. The molecule has 21 heavy (non-hydrogen) atoms. The fourth-order valence-electron chi connectivity index (χ4n) is 1.70. The van der Waals surface area contributed by atoms with Gasteiger partial charge in [-0.25, -0.2) is 9.07 Å². The van der Waals surface area contributed by atoms with Crippen molar-refractivity contribution in [2.24, 2.45) is 0 Å². The molecule has 8 heteroatoms. The lowest BCUT2D eigenvalue weighted by atomic mass is 10.1. The first kappa shape index (κ1) is 15.3. The summed E-state index contributed by atoms with van der Waals surface area (Å²) in [6.07, 6.45) is 0. The molecule has 0 saturated carbocycles. The minimum absolute atomic E-state index is 0.155. The van der Waals surface area contributed by atoms with Crippen molar-refractivity contribution in [3.8, 4) is 0 Å². The highest BCUT2D eigenvalue weighted by Crippen LogP contribution is 2.16. The molecule has 2 aromatic rings. The normalized spacial score (nSPS) is 12.1. The van der Waals surface area contributed by atoms with E-state index in [1.165, 1.54) is 28.6 Å². The van der Waals surface area contributed by atoms with E-state index < -0.39 is 0 Å². The van der Waals surface area contributed by atoms with Gasteiger partial charge < -0.3 is 11.2 Å². The van der Waals surface area contributed by atoms with Crippen LogP contribution in [0.3, 0.4) is 0 Å². The second kappa shape index (κ2) is 6.57. The average molecular weight is 309 g/mol. The molecule has 0 unspecified atom stereocenters. The van der Waals surface area contributed by atoms with Gasteiger partial charge in [-0.15, -0.1) is 10.2 Å². The lowest BCUT2D eigenvalue weighted by Gasteiger charge is -2.14.